The van der Waals surface area contributed by atoms with E-state index >= 15 is 0 Å². The highest BCUT2D eigenvalue weighted by molar-refractivity contribution is 5.85. The van der Waals surface area contributed by atoms with E-state index in [0.29, 0.717) is 24.9 Å². The minimum absolute atomic E-state index is 0. The average molecular weight is 331 g/mol. The number of nitrogens with zero attached hydrogens (tertiary/aromatic N) is 1. The maximum absolute atomic E-state index is 14.4. The van der Waals surface area contributed by atoms with E-state index in [-0.39, 0.29) is 18.0 Å². The summed E-state index contributed by atoms with van der Waals surface area (Å²) in [5.41, 5.74) is -0.221. The number of rotatable bonds is 2. The summed E-state index contributed by atoms with van der Waals surface area (Å²) in [4.78, 5) is 13.6. The summed E-state index contributed by atoms with van der Waals surface area (Å²) >= 11 is 0. The molecule has 3 rings (SSSR count). The Morgan fingerprint density at radius 3 is 2.18 bits per heavy atom. The van der Waals surface area contributed by atoms with E-state index in [1.54, 1.807) is 6.07 Å². The smallest absolute Gasteiger partial charge is 0.337 e. The van der Waals surface area contributed by atoms with Crippen LogP contribution in [0.5, 0.6) is 0 Å². The fourth-order valence-electron chi connectivity index (χ4n) is 3.39. The Kier molecular flexibility index (Phi) is 5.40. The molecule has 1 amide bonds. The van der Waals surface area contributed by atoms with Gasteiger partial charge in [-0.3, -0.25) is 4.79 Å². The molecular weight excluding hydrogens is 310 g/mol. The quantitative estimate of drug-likeness (QED) is 0.904. The zero-order valence-corrected chi connectivity index (χ0v) is 13.1. The molecule has 2 saturated heterocycles. The SMILES string of the molecule is Cl.O=C(N1CC[C@@H]2CNC[C@@H]2CC1)C(F)(F)c1ccccc1. The summed E-state index contributed by atoms with van der Waals surface area (Å²) < 4.78 is 28.7. The van der Waals surface area contributed by atoms with E-state index in [0.717, 1.165) is 25.9 Å². The number of fused-ring (bicyclic) bond motifs is 1. The second-order valence-corrected chi connectivity index (χ2v) is 5.99. The van der Waals surface area contributed by atoms with Gasteiger partial charge < -0.3 is 10.2 Å². The molecule has 0 aliphatic carbocycles. The number of likely N-dealkylation sites (tertiary alicyclic amines) is 1. The molecule has 2 aliphatic heterocycles. The molecule has 2 fully saturated rings. The second kappa shape index (κ2) is 6.92. The molecule has 0 radical (unpaired) electrons. The number of benzene rings is 1. The standard InChI is InChI=1S/C16H20F2N2O.ClH/c17-16(18,14-4-2-1-3-5-14)15(21)20-8-6-12-10-19-11-13(12)7-9-20;/h1-5,12-13,19H,6-11H2;1H/t12-,13+;. The lowest BCUT2D eigenvalue weighted by molar-refractivity contribution is -0.159. The molecule has 2 atom stereocenters. The molecule has 1 aromatic carbocycles. The normalized spacial score (nSPS) is 25.1. The maximum Gasteiger partial charge on any atom is 0.349 e. The molecule has 0 saturated carbocycles. The zero-order chi connectivity index (χ0) is 14.9. The summed E-state index contributed by atoms with van der Waals surface area (Å²) in [5.74, 6) is -3.44. The summed E-state index contributed by atoms with van der Waals surface area (Å²) in [6, 6.07) is 7.37. The van der Waals surface area contributed by atoms with Gasteiger partial charge in [0.05, 0.1) is 0 Å². The van der Waals surface area contributed by atoms with Crippen LogP contribution in [0.15, 0.2) is 30.3 Å². The number of halogens is 3. The number of hydrogen-bond donors (Lipinski definition) is 1. The van der Waals surface area contributed by atoms with Gasteiger partial charge in [0.2, 0.25) is 0 Å². The monoisotopic (exact) mass is 330 g/mol. The number of amides is 1. The van der Waals surface area contributed by atoms with Crippen molar-refractivity contribution in [3.05, 3.63) is 35.9 Å². The summed E-state index contributed by atoms with van der Waals surface area (Å²) in [5, 5.41) is 3.34. The molecule has 3 nitrogen and oxygen atoms in total. The largest absolute Gasteiger partial charge is 0.349 e. The molecule has 0 spiro atoms. The van der Waals surface area contributed by atoms with Crippen LogP contribution in [0.4, 0.5) is 8.78 Å². The van der Waals surface area contributed by atoms with E-state index < -0.39 is 11.8 Å². The number of carbonyl (C=O) groups is 1. The Morgan fingerprint density at radius 1 is 1.09 bits per heavy atom. The Hall–Kier alpha value is -1.20. The van der Waals surface area contributed by atoms with Crippen molar-refractivity contribution in [2.24, 2.45) is 11.8 Å². The second-order valence-electron chi connectivity index (χ2n) is 5.99. The lowest BCUT2D eigenvalue weighted by atomic mass is 9.92. The van der Waals surface area contributed by atoms with Crippen LogP contribution in [0.2, 0.25) is 0 Å². The first kappa shape index (κ1) is 17.2. The van der Waals surface area contributed by atoms with Crippen molar-refractivity contribution in [3.8, 4) is 0 Å². The van der Waals surface area contributed by atoms with Crippen LogP contribution in [-0.2, 0) is 10.7 Å². The van der Waals surface area contributed by atoms with Crippen LogP contribution in [0.3, 0.4) is 0 Å². The van der Waals surface area contributed by atoms with Gasteiger partial charge in [0.15, 0.2) is 0 Å². The number of hydrogen-bond acceptors (Lipinski definition) is 2. The number of carbonyl (C=O) groups excluding carboxylic acids is 1. The van der Waals surface area contributed by atoms with Gasteiger partial charge in [0, 0.05) is 18.7 Å². The maximum atomic E-state index is 14.4. The third kappa shape index (κ3) is 3.25. The predicted octanol–water partition coefficient (Wildman–Crippen LogP) is 2.66. The molecule has 2 aliphatic rings. The van der Waals surface area contributed by atoms with Crippen LogP contribution in [-0.4, -0.2) is 37.0 Å². The van der Waals surface area contributed by atoms with Crippen molar-refractivity contribution in [2.45, 2.75) is 18.8 Å². The molecule has 1 N–H and O–H groups in total. The van der Waals surface area contributed by atoms with Gasteiger partial charge in [0.1, 0.15) is 0 Å². The topological polar surface area (TPSA) is 32.3 Å². The first-order valence-electron chi connectivity index (χ1n) is 7.52. The molecule has 122 valence electrons. The third-order valence-corrected chi connectivity index (χ3v) is 4.71. The van der Waals surface area contributed by atoms with E-state index in [4.69, 9.17) is 0 Å². The number of nitrogens with one attached hydrogen (secondary N) is 1. The van der Waals surface area contributed by atoms with Crippen molar-refractivity contribution in [2.75, 3.05) is 26.2 Å². The van der Waals surface area contributed by atoms with Gasteiger partial charge in [-0.15, -0.1) is 12.4 Å². The lowest BCUT2D eigenvalue weighted by Gasteiger charge is -2.26. The first-order valence-corrected chi connectivity index (χ1v) is 7.52. The average Bonchev–Trinajstić information content (AvgIpc) is 2.86. The van der Waals surface area contributed by atoms with E-state index in [1.807, 2.05) is 0 Å². The zero-order valence-electron chi connectivity index (χ0n) is 12.3. The summed E-state index contributed by atoms with van der Waals surface area (Å²) in [6.45, 7) is 2.76. The molecule has 1 aromatic rings. The molecule has 6 heteroatoms. The van der Waals surface area contributed by atoms with E-state index in [2.05, 4.69) is 5.32 Å². The van der Waals surface area contributed by atoms with Crippen molar-refractivity contribution in [1.82, 2.24) is 10.2 Å². The summed E-state index contributed by atoms with van der Waals surface area (Å²) in [6.07, 6.45) is 1.63. The van der Waals surface area contributed by atoms with Gasteiger partial charge in [-0.05, 0) is 37.8 Å². The first-order chi connectivity index (χ1) is 10.1. The Bertz CT molecular complexity index is 498. The Balaban J connectivity index is 0.00000176. The lowest BCUT2D eigenvalue weighted by Crippen LogP contribution is -2.42. The van der Waals surface area contributed by atoms with Crippen molar-refractivity contribution < 1.29 is 13.6 Å². The molecule has 2 heterocycles. The molecular formula is C16H21ClF2N2O. The fourth-order valence-corrected chi connectivity index (χ4v) is 3.39. The minimum atomic E-state index is -3.43. The van der Waals surface area contributed by atoms with Crippen LogP contribution in [0.1, 0.15) is 18.4 Å². The van der Waals surface area contributed by atoms with Crippen molar-refractivity contribution >= 4 is 18.3 Å². The molecule has 22 heavy (non-hydrogen) atoms. The van der Waals surface area contributed by atoms with Gasteiger partial charge in [0.25, 0.3) is 5.91 Å². The molecule has 0 aromatic heterocycles. The van der Waals surface area contributed by atoms with Gasteiger partial charge in [-0.1, -0.05) is 30.3 Å². The van der Waals surface area contributed by atoms with Gasteiger partial charge in [-0.25, -0.2) is 0 Å². The van der Waals surface area contributed by atoms with Crippen LogP contribution >= 0.6 is 12.4 Å². The summed E-state index contributed by atoms with van der Waals surface area (Å²) in [7, 11) is 0. The minimum Gasteiger partial charge on any atom is -0.337 e. The van der Waals surface area contributed by atoms with E-state index in [9.17, 15) is 13.6 Å². The fraction of sp³-hybridized carbons (Fsp3) is 0.562. The predicted molar refractivity (Wildman–Crippen MR) is 83.2 cm³/mol. The van der Waals surface area contributed by atoms with Crippen LogP contribution < -0.4 is 5.32 Å². The van der Waals surface area contributed by atoms with Crippen LogP contribution in [0.25, 0.3) is 0 Å². The molecule has 0 unspecified atom stereocenters. The third-order valence-electron chi connectivity index (χ3n) is 4.71. The van der Waals surface area contributed by atoms with Crippen LogP contribution in [0, 0.1) is 11.8 Å². The Labute approximate surface area is 135 Å². The Morgan fingerprint density at radius 2 is 1.64 bits per heavy atom. The van der Waals surface area contributed by atoms with Gasteiger partial charge in [-0.2, -0.15) is 8.78 Å². The van der Waals surface area contributed by atoms with Crippen molar-refractivity contribution in [3.63, 3.8) is 0 Å². The van der Waals surface area contributed by atoms with E-state index in [1.165, 1.54) is 29.2 Å². The van der Waals surface area contributed by atoms with Crippen molar-refractivity contribution in [1.29, 1.82) is 0 Å². The highest BCUT2D eigenvalue weighted by atomic mass is 35.5. The van der Waals surface area contributed by atoms with Gasteiger partial charge >= 0.3 is 5.92 Å². The highest BCUT2D eigenvalue weighted by Gasteiger charge is 2.44. The number of alkyl halides is 2. The molecule has 0 bridgehead atoms. The highest BCUT2D eigenvalue weighted by Crippen LogP contribution is 2.33.